The van der Waals surface area contributed by atoms with Crippen LogP contribution in [0.15, 0.2) is 59.1 Å². The van der Waals surface area contributed by atoms with Crippen LogP contribution in [0.2, 0.25) is 0 Å². The molecule has 0 heterocycles. The Kier molecular flexibility index (Phi) is 6.16. The fourth-order valence-corrected chi connectivity index (χ4v) is 2.58. The topological polar surface area (TPSA) is 32.3 Å². The summed E-state index contributed by atoms with van der Waals surface area (Å²) in [5, 5.41) is 2.99. The zero-order valence-electron chi connectivity index (χ0n) is 12.9. The van der Waals surface area contributed by atoms with Crippen LogP contribution in [-0.4, -0.2) is 23.9 Å². The molecule has 3 nitrogen and oxygen atoms in total. The maximum absolute atomic E-state index is 12.3. The first kappa shape index (κ1) is 16.7. The van der Waals surface area contributed by atoms with Crippen molar-refractivity contribution in [3.63, 3.8) is 0 Å². The van der Waals surface area contributed by atoms with Gasteiger partial charge in [0.1, 0.15) is 0 Å². The number of carbonyl (C=O) groups is 1. The van der Waals surface area contributed by atoms with E-state index in [4.69, 9.17) is 0 Å². The van der Waals surface area contributed by atoms with E-state index in [9.17, 15) is 4.79 Å². The Bertz CT molecular complexity index is 615. The van der Waals surface area contributed by atoms with E-state index in [2.05, 4.69) is 27.3 Å². The molecule has 22 heavy (non-hydrogen) atoms. The smallest absolute Gasteiger partial charge is 0.237 e. The predicted molar refractivity (Wildman–Crippen MR) is 93.4 cm³/mol. The van der Waals surface area contributed by atoms with Crippen LogP contribution in [0.25, 0.3) is 0 Å². The van der Waals surface area contributed by atoms with Crippen LogP contribution in [0.4, 0.5) is 0 Å². The molecule has 1 N–H and O–H groups in total. The molecule has 0 saturated heterocycles. The van der Waals surface area contributed by atoms with Crippen molar-refractivity contribution in [2.45, 2.75) is 26.1 Å². The van der Waals surface area contributed by atoms with Gasteiger partial charge in [0, 0.05) is 17.6 Å². The normalized spacial score (nSPS) is 12.2. The Balaban J connectivity index is 1.88. The van der Waals surface area contributed by atoms with Gasteiger partial charge in [0.05, 0.1) is 6.04 Å². The van der Waals surface area contributed by atoms with E-state index in [0.29, 0.717) is 6.54 Å². The van der Waals surface area contributed by atoms with Crippen molar-refractivity contribution in [1.82, 2.24) is 10.2 Å². The van der Waals surface area contributed by atoms with Crippen molar-refractivity contribution >= 4 is 21.8 Å². The van der Waals surface area contributed by atoms with Gasteiger partial charge in [-0.05, 0) is 31.2 Å². The van der Waals surface area contributed by atoms with Crippen LogP contribution in [0, 0.1) is 0 Å². The molecule has 4 heteroatoms. The molecular weight excluding hydrogens is 340 g/mol. The number of rotatable bonds is 6. The monoisotopic (exact) mass is 360 g/mol. The third kappa shape index (κ3) is 4.68. The summed E-state index contributed by atoms with van der Waals surface area (Å²) in [4.78, 5) is 14.3. The average molecular weight is 361 g/mol. The van der Waals surface area contributed by atoms with Gasteiger partial charge in [0.15, 0.2) is 0 Å². The van der Waals surface area contributed by atoms with E-state index in [0.717, 1.165) is 16.6 Å². The lowest BCUT2D eigenvalue weighted by atomic mass is 10.2. The zero-order chi connectivity index (χ0) is 15.9. The molecule has 2 aromatic rings. The predicted octanol–water partition coefficient (Wildman–Crippen LogP) is 3.59. The molecule has 1 amide bonds. The first-order valence-corrected chi connectivity index (χ1v) is 8.12. The molecular formula is C18H21BrN2O. The second-order valence-corrected chi connectivity index (χ2v) is 6.24. The molecule has 1 atom stereocenters. The molecule has 0 aliphatic carbocycles. The second-order valence-electron chi connectivity index (χ2n) is 5.39. The van der Waals surface area contributed by atoms with Gasteiger partial charge in [-0.25, -0.2) is 0 Å². The third-order valence-corrected chi connectivity index (χ3v) is 4.50. The summed E-state index contributed by atoms with van der Waals surface area (Å²) < 4.78 is 1.07. The van der Waals surface area contributed by atoms with Crippen molar-refractivity contribution in [1.29, 1.82) is 0 Å². The van der Waals surface area contributed by atoms with E-state index in [1.807, 2.05) is 67.4 Å². The summed E-state index contributed by atoms with van der Waals surface area (Å²) in [5.74, 6) is 0.0402. The molecule has 0 saturated carbocycles. The van der Waals surface area contributed by atoms with Crippen LogP contribution in [0.5, 0.6) is 0 Å². The van der Waals surface area contributed by atoms with Gasteiger partial charge in [-0.3, -0.25) is 9.69 Å². The Hall–Kier alpha value is -1.65. The molecule has 2 aromatic carbocycles. The van der Waals surface area contributed by atoms with Crippen molar-refractivity contribution in [2.75, 3.05) is 7.05 Å². The molecule has 0 radical (unpaired) electrons. The Morgan fingerprint density at radius 1 is 1.14 bits per heavy atom. The number of nitrogens with zero attached hydrogens (tertiary/aromatic N) is 1. The lowest BCUT2D eigenvalue weighted by molar-refractivity contribution is -0.125. The van der Waals surface area contributed by atoms with Crippen molar-refractivity contribution in [3.8, 4) is 0 Å². The van der Waals surface area contributed by atoms with Gasteiger partial charge < -0.3 is 5.32 Å². The highest BCUT2D eigenvalue weighted by atomic mass is 79.9. The number of hydrogen-bond donors (Lipinski definition) is 1. The highest BCUT2D eigenvalue weighted by Crippen LogP contribution is 2.18. The van der Waals surface area contributed by atoms with Crippen LogP contribution in [0.3, 0.4) is 0 Å². The van der Waals surface area contributed by atoms with Crippen LogP contribution < -0.4 is 5.32 Å². The van der Waals surface area contributed by atoms with E-state index in [1.54, 1.807) is 0 Å². The van der Waals surface area contributed by atoms with Gasteiger partial charge in [0.25, 0.3) is 0 Å². The van der Waals surface area contributed by atoms with Gasteiger partial charge in [-0.2, -0.15) is 0 Å². The third-order valence-electron chi connectivity index (χ3n) is 3.73. The van der Waals surface area contributed by atoms with E-state index in [-0.39, 0.29) is 11.9 Å². The quantitative estimate of drug-likeness (QED) is 0.853. The molecule has 0 aromatic heterocycles. The number of amides is 1. The fraction of sp³-hybridized carbons (Fsp3) is 0.278. The van der Waals surface area contributed by atoms with Gasteiger partial charge >= 0.3 is 0 Å². The van der Waals surface area contributed by atoms with Crippen LogP contribution in [-0.2, 0) is 17.9 Å². The average Bonchev–Trinajstić information content (AvgIpc) is 2.55. The summed E-state index contributed by atoms with van der Waals surface area (Å²) >= 11 is 3.55. The largest absolute Gasteiger partial charge is 0.351 e. The minimum atomic E-state index is -0.184. The maximum atomic E-state index is 12.3. The molecule has 0 aliphatic heterocycles. The first-order valence-electron chi connectivity index (χ1n) is 7.33. The highest BCUT2D eigenvalue weighted by molar-refractivity contribution is 9.10. The number of likely N-dealkylation sites (N-methyl/N-ethyl adjacent to an activating group) is 1. The first-order chi connectivity index (χ1) is 10.6. The van der Waals surface area contributed by atoms with E-state index >= 15 is 0 Å². The summed E-state index contributed by atoms with van der Waals surface area (Å²) in [5.41, 5.74) is 2.28. The van der Waals surface area contributed by atoms with Crippen molar-refractivity contribution in [3.05, 3.63) is 70.2 Å². The standard InChI is InChI=1S/C18H21BrN2O/c1-14(18(22)20-12-15-8-4-3-5-9-15)21(2)13-16-10-6-7-11-17(16)19/h3-11,14H,12-13H2,1-2H3,(H,20,22)/t14-/m0/s1. The number of halogens is 1. The van der Waals surface area contributed by atoms with Crippen molar-refractivity contribution < 1.29 is 4.79 Å². The lowest BCUT2D eigenvalue weighted by Gasteiger charge is -2.24. The minimum absolute atomic E-state index is 0.0402. The van der Waals surface area contributed by atoms with E-state index in [1.165, 1.54) is 5.56 Å². The zero-order valence-corrected chi connectivity index (χ0v) is 14.5. The van der Waals surface area contributed by atoms with Crippen molar-refractivity contribution in [2.24, 2.45) is 0 Å². The molecule has 0 aliphatic rings. The SMILES string of the molecule is C[C@@H](C(=O)NCc1ccccc1)N(C)Cc1ccccc1Br. The van der Waals surface area contributed by atoms with Gasteiger partial charge in [-0.1, -0.05) is 64.5 Å². The molecule has 0 bridgehead atoms. The number of hydrogen-bond acceptors (Lipinski definition) is 2. The Morgan fingerprint density at radius 2 is 1.77 bits per heavy atom. The second kappa shape index (κ2) is 8.11. The number of benzene rings is 2. The van der Waals surface area contributed by atoms with Gasteiger partial charge in [-0.15, -0.1) is 0 Å². The highest BCUT2D eigenvalue weighted by Gasteiger charge is 2.18. The summed E-state index contributed by atoms with van der Waals surface area (Å²) in [6.07, 6.45) is 0. The number of nitrogens with one attached hydrogen (secondary N) is 1. The van der Waals surface area contributed by atoms with Crippen LogP contribution in [0.1, 0.15) is 18.1 Å². The van der Waals surface area contributed by atoms with E-state index < -0.39 is 0 Å². The molecule has 0 spiro atoms. The summed E-state index contributed by atoms with van der Waals surface area (Å²) in [6.45, 7) is 3.21. The Labute approximate surface area is 140 Å². The summed E-state index contributed by atoms with van der Waals surface area (Å²) in [7, 11) is 1.96. The Morgan fingerprint density at radius 3 is 2.45 bits per heavy atom. The van der Waals surface area contributed by atoms with Gasteiger partial charge in [0.2, 0.25) is 5.91 Å². The number of carbonyl (C=O) groups excluding carboxylic acids is 1. The summed E-state index contributed by atoms with van der Waals surface area (Å²) in [6, 6.07) is 17.8. The molecule has 2 rings (SSSR count). The lowest BCUT2D eigenvalue weighted by Crippen LogP contribution is -2.42. The minimum Gasteiger partial charge on any atom is -0.351 e. The molecule has 116 valence electrons. The maximum Gasteiger partial charge on any atom is 0.237 e. The molecule has 0 unspecified atom stereocenters. The van der Waals surface area contributed by atoms with Crippen LogP contribution >= 0.6 is 15.9 Å². The fourth-order valence-electron chi connectivity index (χ4n) is 2.17. The molecule has 0 fully saturated rings.